The number of carbonyl (C=O) groups is 1. The summed E-state index contributed by atoms with van der Waals surface area (Å²) in [5.41, 5.74) is 1.92. The maximum atomic E-state index is 12.0. The van der Waals surface area contributed by atoms with Crippen LogP contribution >= 0.6 is 0 Å². The smallest absolute Gasteiger partial charge is 0.222 e. The van der Waals surface area contributed by atoms with Gasteiger partial charge in [-0.05, 0) is 30.5 Å². The molecule has 112 valence electrons. The monoisotopic (exact) mass is 285 g/mol. The van der Waals surface area contributed by atoms with Crippen molar-refractivity contribution in [2.75, 3.05) is 26.2 Å². The lowest BCUT2D eigenvalue weighted by Gasteiger charge is -2.22. The summed E-state index contributed by atoms with van der Waals surface area (Å²) in [6.45, 7) is 6.59. The topological polar surface area (TPSA) is 47.3 Å². The van der Waals surface area contributed by atoms with Crippen LogP contribution in [0.15, 0.2) is 24.3 Å². The summed E-state index contributed by atoms with van der Waals surface area (Å²) in [6.07, 6.45) is 2.62. The lowest BCUT2D eigenvalue weighted by molar-refractivity contribution is -0.131. The molecular formula is C17H23N3O. The van der Waals surface area contributed by atoms with Crippen LogP contribution in [-0.2, 0) is 11.3 Å². The molecule has 2 rings (SSSR count). The molecule has 4 nitrogen and oxygen atoms in total. The molecule has 1 aromatic carbocycles. The molecule has 0 N–H and O–H groups in total. The van der Waals surface area contributed by atoms with Crippen molar-refractivity contribution in [2.45, 2.75) is 32.7 Å². The van der Waals surface area contributed by atoms with Crippen LogP contribution < -0.4 is 0 Å². The molecule has 1 amide bonds. The predicted octanol–water partition coefficient (Wildman–Crippen LogP) is 2.39. The molecule has 1 heterocycles. The van der Waals surface area contributed by atoms with Gasteiger partial charge in [-0.15, -0.1) is 0 Å². The Labute approximate surface area is 127 Å². The summed E-state index contributed by atoms with van der Waals surface area (Å²) in [5.74, 6) is 0.290. The summed E-state index contributed by atoms with van der Waals surface area (Å²) in [6, 6.07) is 9.91. The Morgan fingerprint density at radius 1 is 1.19 bits per heavy atom. The van der Waals surface area contributed by atoms with E-state index in [2.05, 4.69) is 11.0 Å². The van der Waals surface area contributed by atoms with Crippen molar-refractivity contribution in [1.29, 1.82) is 5.26 Å². The number of benzene rings is 1. The van der Waals surface area contributed by atoms with Gasteiger partial charge in [0.2, 0.25) is 5.91 Å². The molecular weight excluding hydrogens is 262 g/mol. The summed E-state index contributed by atoms with van der Waals surface area (Å²) in [7, 11) is 0. The van der Waals surface area contributed by atoms with Crippen molar-refractivity contribution < 1.29 is 4.79 Å². The third kappa shape index (κ3) is 4.57. The van der Waals surface area contributed by atoms with E-state index < -0.39 is 0 Å². The molecule has 0 bridgehead atoms. The van der Waals surface area contributed by atoms with Crippen molar-refractivity contribution >= 4 is 5.91 Å². The summed E-state index contributed by atoms with van der Waals surface area (Å²) >= 11 is 0. The van der Waals surface area contributed by atoms with Crippen LogP contribution in [0.25, 0.3) is 0 Å². The van der Waals surface area contributed by atoms with Gasteiger partial charge >= 0.3 is 0 Å². The second-order valence-electron chi connectivity index (χ2n) is 5.57. The summed E-state index contributed by atoms with van der Waals surface area (Å²) in [5, 5.41) is 8.81. The van der Waals surface area contributed by atoms with Crippen LogP contribution in [0.2, 0.25) is 0 Å². The Morgan fingerprint density at radius 3 is 2.62 bits per heavy atom. The normalized spacial score (nSPS) is 16.3. The summed E-state index contributed by atoms with van der Waals surface area (Å²) < 4.78 is 0. The van der Waals surface area contributed by atoms with Gasteiger partial charge in [0.1, 0.15) is 0 Å². The van der Waals surface area contributed by atoms with Gasteiger partial charge in [0.25, 0.3) is 0 Å². The average Bonchev–Trinajstić information content (AvgIpc) is 2.74. The molecule has 0 spiro atoms. The van der Waals surface area contributed by atoms with Gasteiger partial charge in [-0.3, -0.25) is 9.69 Å². The van der Waals surface area contributed by atoms with E-state index in [4.69, 9.17) is 5.26 Å². The first-order valence-electron chi connectivity index (χ1n) is 7.72. The fraction of sp³-hybridized carbons (Fsp3) is 0.529. The third-order valence-electron chi connectivity index (χ3n) is 3.89. The minimum absolute atomic E-state index is 0.290. The lowest BCUT2D eigenvalue weighted by Crippen LogP contribution is -2.34. The van der Waals surface area contributed by atoms with Crippen LogP contribution in [0.5, 0.6) is 0 Å². The van der Waals surface area contributed by atoms with Gasteiger partial charge in [-0.25, -0.2) is 0 Å². The van der Waals surface area contributed by atoms with E-state index in [1.165, 1.54) is 5.56 Å². The molecule has 4 heteroatoms. The van der Waals surface area contributed by atoms with Gasteiger partial charge in [0.15, 0.2) is 0 Å². The van der Waals surface area contributed by atoms with Crippen LogP contribution in [0, 0.1) is 11.3 Å². The van der Waals surface area contributed by atoms with E-state index in [-0.39, 0.29) is 5.91 Å². The third-order valence-corrected chi connectivity index (χ3v) is 3.89. The van der Waals surface area contributed by atoms with Gasteiger partial charge in [0, 0.05) is 39.1 Å². The maximum absolute atomic E-state index is 12.0. The molecule has 21 heavy (non-hydrogen) atoms. The first-order chi connectivity index (χ1) is 10.2. The Bertz CT molecular complexity index is 504. The highest BCUT2D eigenvalue weighted by Crippen LogP contribution is 2.11. The predicted molar refractivity (Wildman–Crippen MR) is 82.5 cm³/mol. The molecule has 0 radical (unpaired) electrons. The zero-order valence-electron chi connectivity index (χ0n) is 12.7. The molecule has 1 saturated heterocycles. The average molecular weight is 285 g/mol. The number of hydrogen-bond acceptors (Lipinski definition) is 3. The van der Waals surface area contributed by atoms with E-state index in [0.29, 0.717) is 12.0 Å². The molecule has 1 aliphatic rings. The van der Waals surface area contributed by atoms with Crippen molar-refractivity contribution in [3.8, 4) is 6.07 Å². The van der Waals surface area contributed by atoms with Gasteiger partial charge in [0.05, 0.1) is 11.6 Å². The second kappa shape index (κ2) is 7.80. The van der Waals surface area contributed by atoms with Crippen LogP contribution in [0.3, 0.4) is 0 Å². The standard InChI is InChI=1S/C17H23N3O/c1-2-4-17(21)20-10-3-9-19(11-12-20)14-16-7-5-15(13-18)6-8-16/h5-8H,2-4,9-12,14H2,1H3. The van der Waals surface area contributed by atoms with Crippen molar-refractivity contribution in [3.63, 3.8) is 0 Å². The number of hydrogen-bond donors (Lipinski definition) is 0. The van der Waals surface area contributed by atoms with Crippen LogP contribution in [0.1, 0.15) is 37.3 Å². The van der Waals surface area contributed by atoms with Crippen LogP contribution in [-0.4, -0.2) is 41.9 Å². The van der Waals surface area contributed by atoms with Gasteiger partial charge in [-0.1, -0.05) is 19.1 Å². The molecule has 0 aromatic heterocycles. The van der Waals surface area contributed by atoms with E-state index in [1.807, 2.05) is 36.1 Å². The Balaban J connectivity index is 1.88. The molecule has 1 aliphatic heterocycles. The van der Waals surface area contributed by atoms with Crippen LogP contribution in [0.4, 0.5) is 0 Å². The van der Waals surface area contributed by atoms with E-state index >= 15 is 0 Å². The fourth-order valence-corrected chi connectivity index (χ4v) is 2.69. The zero-order chi connectivity index (χ0) is 15.1. The molecule has 0 saturated carbocycles. The minimum atomic E-state index is 0.290. The number of nitriles is 1. The maximum Gasteiger partial charge on any atom is 0.222 e. The quantitative estimate of drug-likeness (QED) is 0.853. The SMILES string of the molecule is CCCC(=O)N1CCCN(Cc2ccc(C#N)cc2)CC1. The molecule has 0 unspecified atom stereocenters. The Kier molecular flexibility index (Phi) is 5.77. The highest BCUT2D eigenvalue weighted by molar-refractivity contribution is 5.76. The van der Waals surface area contributed by atoms with Crippen molar-refractivity contribution in [2.24, 2.45) is 0 Å². The Hall–Kier alpha value is -1.86. The van der Waals surface area contributed by atoms with Crippen molar-refractivity contribution in [1.82, 2.24) is 9.80 Å². The number of carbonyl (C=O) groups excluding carboxylic acids is 1. The molecule has 1 aromatic rings. The minimum Gasteiger partial charge on any atom is -0.341 e. The molecule has 0 atom stereocenters. The zero-order valence-corrected chi connectivity index (χ0v) is 12.7. The molecule has 1 fully saturated rings. The second-order valence-corrected chi connectivity index (χ2v) is 5.57. The Morgan fingerprint density at radius 2 is 1.95 bits per heavy atom. The number of nitrogens with zero attached hydrogens (tertiary/aromatic N) is 3. The first-order valence-corrected chi connectivity index (χ1v) is 7.72. The van der Waals surface area contributed by atoms with E-state index in [0.717, 1.165) is 45.6 Å². The lowest BCUT2D eigenvalue weighted by atomic mass is 10.1. The van der Waals surface area contributed by atoms with Gasteiger partial charge < -0.3 is 4.90 Å². The fourth-order valence-electron chi connectivity index (χ4n) is 2.69. The summed E-state index contributed by atoms with van der Waals surface area (Å²) in [4.78, 5) is 16.4. The molecule has 0 aliphatic carbocycles. The highest BCUT2D eigenvalue weighted by Gasteiger charge is 2.18. The highest BCUT2D eigenvalue weighted by atomic mass is 16.2. The number of rotatable bonds is 4. The van der Waals surface area contributed by atoms with Gasteiger partial charge in [-0.2, -0.15) is 5.26 Å². The first kappa shape index (κ1) is 15.5. The number of amides is 1. The largest absolute Gasteiger partial charge is 0.341 e. The van der Waals surface area contributed by atoms with E-state index in [9.17, 15) is 4.79 Å². The van der Waals surface area contributed by atoms with Crippen molar-refractivity contribution in [3.05, 3.63) is 35.4 Å². The van der Waals surface area contributed by atoms with E-state index in [1.54, 1.807) is 0 Å².